The van der Waals surface area contributed by atoms with Crippen molar-refractivity contribution in [2.75, 3.05) is 4.90 Å². The molecule has 8 rings (SSSR count). The normalized spacial score (nSPS) is 11.2. The van der Waals surface area contributed by atoms with Gasteiger partial charge in [0.25, 0.3) is 0 Å². The molecule has 0 amide bonds. The van der Waals surface area contributed by atoms with E-state index in [0.717, 1.165) is 17.1 Å². The first-order valence-electron chi connectivity index (χ1n) is 14.8. The van der Waals surface area contributed by atoms with Crippen LogP contribution in [0.3, 0.4) is 0 Å². The van der Waals surface area contributed by atoms with E-state index in [-0.39, 0.29) is 0 Å². The highest BCUT2D eigenvalue weighted by Crippen LogP contribution is 2.41. The second kappa shape index (κ2) is 11.3. The quantitative estimate of drug-likeness (QED) is 0.194. The highest BCUT2D eigenvalue weighted by atomic mass is 32.1. The zero-order valence-electron chi connectivity index (χ0n) is 24.0. The van der Waals surface area contributed by atoms with Crippen LogP contribution in [0.25, 0.3) is 53.6 Å². The molecule has 44 heavy (non-hydrogen) atoms. The second-order valence-corrected chi connectivity index (χ2v) is 12.0. The molecule has 0 bridgehead atoms. The molecule has 208 valence electrons. The van der Waals surface area contributed by atoms with E-state index >= 15 is 0 Å². The Morgan fingerprint density at radius 1 is 0.386 bits per heavy atom. The molecule has 2 nitrogen and oxygen atoms in total. The van der Waals surface area contributed by atoms with Crippen LogP contribution in [0.1, 0.15) is 0 Å². The van der Waals surface area contributed by atoms with Crippen molar-refractivity contribution in [1.29, 1.82) is 0 Å². The molecule has 2 heterocycles. The maximum atomic E-state index is 4.42. The van der Waals surface area contributed by atoms with Gasteiger partial charge >= 0.3 is 0 Å². The van der Waals surface area contributed by atoms with Gasteiger partial charge in [-0.25, -0.2) is 0 Å². The number of hydrogen-bond donors (Lipinski definition) is 0. The van der Waals surface area contributed by atoms with Gasteiger partial charge in [0.1, 0.15) is 0 Å². The minimum absolute atomic E-state index is 1.11. The molecule has 0 aliphatic carbocycles. The predicted octanol–water partition coefficient (Wildman–Crippen LogP) is 11.9. The monoisotopic (exact) mass is 580 g/mol. The van der Waals surface area contributed by atoms with Gasteiger partial charge in [0, 0.05) is 49.6 Å². The van der Waals surface area contributed by atoms with E-state index in [2.05, 4.69) is 168 Å². The number of hydrogen-bond acceptors (Lipinski definition) is 3. The van der Waals surface area contributed by atoms with Crippen LogP contribution in [-0.2, 0) is 0 Å². The molecule has 3 heteroatoms. The summed E-state index contributed by atoms with van der Waals surface area (Å²) in [6, 6.07) is 56.5. The molecular weight excluding hydrogens is 553 g/mol. The molecule has 0 aliphatic heterocycles. The van der Waals surface area contributed by atoms with Gasteiger partial charge in [0.15, 0.2) is 0 Å². The molecule has 0 fully saturated rings. The van der Waals surface area contributed by atoms with Gasteiger partial charge in [-0.3, -0.25) is 4.98 Å². The van der Waals surface area contributed by atoms with Crippen molar-refractivity contribution in [3.63, 3.8) is 0 Å². The lowest BCUT2D eigenvalue weighted by Gasteiger charge is -2.26. The summed E-state index contributed by atoms with van der Waals surface area (Å²) in [5, 5.41) is 2.43. The molecule has 2 aromatic heterocycles. The van der Waals surface area contributed by atoms with Crippen LogP contribution in [0.5, 0.6) is 0 Å². The summed E-state index contributed by atoms with van der Waals surface area (Å²) >= 11 is 1.81. The average molecular weight is 581 g/mol. The molecule has 0 atom stereocenters. The Morgan fingerprint density at radius 3 is 1.34 bits per heavy atom. The Hall–Kier alpha value is -5.51. The van der Waals surface area contributed by atoms with Crippen LogP contribution in [0.4, 0.5) is 17.1 Å². The SMILES string of the molecule is c1ccc(-c2ccc(-c3ccc(N(c4ccc(-c5ccccc5)cc4)c4ccc5sc6ccncc6c5c4)cc3)cc2)cc1. The largest absolute Gasteiger partial charge is 0.310 e. The number of rotatable bonds is 6. The lowest BCUT2D eigenvalue weighted by atomic mass is 10.00. The van der Waals surface area contributed by atoms with Crippen LogP contribution in [-0.4, -0.2) is 4.98 Å². The Bertz CT molecular complexity index is 2180. The van der Waals surface area contributed by atoms with Crippen molar-refractivity contribution in [1.82, 2.24) is 4.98 Å². The molecular formula is C41H28N2S. The highest BCUT2D eigenvalue weighted by molar-refractivity contribution is 7.25. The van der Waals surface area contributed by atoms with Crippen LogP contribution in [0.2, 0.25) is 0 Å². The minimum atomic E-state index is 1.11. The van der Waals surface area contributed by atoms with Gasteiger partial charge in [-0.1, -0.05) is 109 Å². The summed E-state index contributed by atoms with van der Waals surface area (Å²) in [5.41, 5.74) is 10.6. The number of benzene rings is 6. The number of fused-ring (bicyclic) bond motifs is 3. The van der Waals surface area contributed by atoms with E-state index in [1.54, 1.807) is 0 Å². The number of pyridine rings is 1. The first kappa shape index (κ1) is 26.1. The molecule has 0 spiro atoms. The van der Waals surface area contributed by atoms with Crippen molar-refractivity contribution in [2.24, 2.45) is 0 Å². The van der Waals surface area contributed by atoms with Gasteiger partial charge in [-0.2, -0.15) is 0 Å². The summed E-state index contributed by atoms with van der Waals surface area (Å²) < 4.78 is 2.53. The number of nitrogens with zero attached hydrogens (tertiary/aromatic N) is 2. The van der Waals surface area contributed by atoms with Crippen LogP contribution >= 0.6 is 11.3 Å². The first-order valence-corrected chi connectivity index (χ1v) is 15.6. The van der Waals surface area contributed by atoms with E-state index in [1.807, 2.05) is 23.7 Å². The first-order chi connectivity index (χ1) is 21.8. The van der Waals surface area contributed by atoms with E-state index in [0.29, 0.717) is 0 Å². The molecule has 0 unspecified atom stereocenters. The summed E-state index contributed by atoms with van der Waals surface area (Å²) in [6.45, 7) is 0. The summed E-state index contributed by atoms with van der Waals surface area (Å²) in [6.07, 6.45) is 3.85. The summed E-state index contributed by atoms with van der Waals surface area (Å²) in [5.74, 6) is 0. The lowest BCUT2D eigenvalue weighted by molar-refractivity contribution is 1.29. The van der Waals surface area contributed by atoms with Crippen molar-refractivity contribution in [3.8, 4) is 33.4 Å². The lowest BCUT2D eigenvalue weighted by Crippen LogP contribution is -2.09. The van der Waals surface area contributed by atoms with Crippen molar-refractivity contribution in [2.45, 2.75) is 0 Å². The Balaban J connectivity index is 1.18. The van der Waals surface area contributed by atoms with E-state index in [1.165, 1.54) is 53.6 Å². The fourth-order valence-electron chi connectivity index (χ4n) is 5.92. The average Bonchev–Trinajstić information content (AvgIpc) is 3.48. The molecule has 6 aromatic carbocycles. The van der Waals surface area contributed by atoms with Gasteiger partial charge in [-0.15, -0.1) is 11.3 Å². The highest BCUT2D eigenvalue weighted by Gasteiger charge is 2.15. The Morgan fingerprint density at radius 2 is 0.818 bits per heavy atom. The fraction of sp³-hybridized carbons (Fsp3) is 0. The molecule has 0 radical (unpaired) electrons. The zero-order valence-corrected chi connectivity index (χ0v) is 24.8. The van der Waals surface area contributed by atoms with Gasteiger partial charge in [-0.05, 0) is 81.9 Å². The second-order valence-electron chi connectivity index (χ2n) is 10.9. The molecule has 0 saturated heterocycles. The van der Waals surface area contributed by atoms with E-state index in [9.17, 15) is 0 Å². The summed E-state index contributed by atoms with van der Waals surface area (Å²) in [4.78, 5) is 6.76. The predicted molar refractivity (Wildman–Crippen MR) is 188 cm³/mol. The third-order valence-electron chi connectivity index (χ3n) is 8.20. The smallest absolute Gasteiger partial charge is 0.0468 e. The van der Waals surface area contributed by atoms with E-state index in [4.69, 9.17) is 0 Å². The topological polar surface area (TPSA) is 16.1 Å². The summed E-state index contributed by atoms with van der Waals surface area (Å²) in [7, 11) is 0. The van der Waals surface area contributed by atoms with Crippen LogP contribution in [0, 0.1) is 0 Å². The van der Waals surface area contributed by atoms with Crippen LogP contribution < -0.4 is 4.90 Å². The maximum absolute atomic E-state index is 4.42. The molecule has 0 N–H and O–H groups in total. The van der Waals surface area contributed by atoms with Crippen molar-refractivity contribution < 1.29 is 0 Å². The number of thiophene rings is 1. The molecule has 8 aromatic rings. The minimum Gasteiger partial charge on any atom is -0.310 e. The Labute approximate surface area is 261 Å². The van der Waals surface area contributed by atoms with Gasteiger partial charge in [0.2, 0.25) is 0 Å². The number of anilines is 3. The third-order valence-corrected chi connectivity index (χ3v) is 9.35. The van der Waals surface area contributed by atoms with E-state index < -0.39 is 0 Å². The van der Waals surface area contributed by atoms with Crippen LogP contribution in [0.15, 0.2) is 170 Å². The Kier molecular flexibility index (Phi) is 6.71. The zero-order chi connectivity index (χ0) is 29.3. The third kappa shape index (κ3) is 4.94. The standard InChI is InChI=1S/C41H28N2S/c1-3-7-29(8-4-1)31-11-13-32(14-12-31)34-17-21-36(22-18-34)43(35-19-15-33(16-20-35)30-9-5-2-6-10-30)37-23-24-40-38(27-37)39-28-42-26-25-41(39)44-40/h1-28H. The molecule has 0 aliphatic rings. The number of aromatic nitrogens is 1. The van der Waals surface area contributed by atoms with Crippen molar-refractivity contribution in [3.05, 3.63) is 170 Å². The van der Waals surface area contributed by atoms with Crippen molar-refractivity contribution >= 4 is 48.6 Å². The fourth-order valence-corrected chi connectivity index (χ4v) is 6.97. The van der Waals surface area contributed by atoms with Gasteiger partial charge < -0.3 is 4.90 Å². The molecule has 0 saturated carbocycles. The van der Waals surface area contributed by atoms with Gasteiger partial charge in [0.05, 0.1) is 0 Å². The maximum Gasteiger partial charge on any atom is 0.0468 e.